The molecule has 2 aromatic heterocycles. The summed E-state index contributed by atoms with van der Waals surface area (Å²) in [5.41, 5.74) is 2.42. The normalized spacial score (nSPS) is 12.4. The van der Waals surface area contributed by atoms with Gasteiger partial charge in [-0.05, 0) is 42.7 Å². The van der Waals surface area contributed by atoms with Crippen LogP contribution in [0.5, 0.6) is 0 Å². The molecule has 0 N–H and O–H groups in total. The van der Waals surface area contributed by atoms with Gasteiger partial charge in [-0.2, -0.15) is 0 Å². The monoisotopic (exact) mass is 361 g/mol. The van der Waals surface area contributed by atoms with E-state index in [2.05, 4.69) is 16.9 Å². The van der Waals surface area contributed by atoms with E-state index in [1.165, 1.54) is 36.7 Å². The van der Waals surface area contributed by atoms with E-state index in [4.69, 9.17) is 0 Å². The van der Waals surface area contributed by atoms with Crippen LogP contribution in [0.3, 0.4) is 0 Å². The molecule has 4 rings (SSSR count). The molecule has 0 aliphatic carbocycles. The highest BCUT2D eigenvalue weighted by atomic mass is 16.1. The predicted molar refractivity (Wildman–Crippen MR) is 106 cm³/mol. The number of rotatable bonds is 7. The van der Waals surface area contributed by atoms with Crippen molar-refractivity contribution in [2.24, 2.45) is 0 Å². The van der Waals surface area contributed by atoms with Crippen LogP contribution < -0.4 is 5.56 Å². The van der Waals surface area contributed by atoms with Gasteiger partial charge in [0, 0.05) is 6.20 Å². The number of ketones is 1. The molecule has 138 valence electrons. The lowest BCUT2D eigenvalue weighted by Gasteiger charge is -2.06. The Kier molecular flexibility index (Phi) is 4.84. The molecule has 5 nitrogen and oxygen atoms in total. The first-order valence-electron chi connectivity index (χ1n) is 9.76. The van der Waals surface area contributed by atoms with Crippen LogP contribution >= 0.6 is 0 Å². The Hall–Kier alpha value is -2.82. The van der Waals surface area contributed by atoms with Crippen LogP contribution in [-0.2, 0) is 6.42 Å². The minimum atomic E-state index is -0.237. The van der Waals surface area contributed by atoms with Crippen molar-refractivity contribution in [1.29, 1.82) is 0 Å². The topological polar surface area (TPSA) is 64.8 Å². The Morgan fingerprint density at radius 1 is 1.00 bits per heavy atom. The minimum absolute atomic E-state index is 0.165. The lowest BCUT2D eigenvalue weighted by Crippen LogP contribution is -2.21. The van der Waals surface area contributed by atoms with Gasteiger partial charge in [-0.25, -0.2) is 9.97 Å². The van der Waals surface area contributed by atoms with Gasteiger partial charge < -0.3 is 0 Å². The fourth-order valence-corrected chi connectivity index (χ4v) is 3.74. The molecule has 1 aliphatic rings. The molecule has 0 atom stereocenters. The van der Waals surface area contributed by atoms with E-state index in [1.807, 2.05) is 18.2 Å². The molecule has 0 saturated carbocycles. The lowest BCUT2D eigenvalue weighted by atomic mass is 10.0. The second-order valence-corrected chi connectivity index (χ2v) is 7.15. The minimum Gasteiger partial charge on any atom is -0.285 e. The van der Waals surface area contributed by atoms with Crippen LogP contribution in [0.25, 0.3) is 16.7 Å². The van der Waals surface area contributed by atoms with Crippen molar-refractivity contribution >= 4 is 16.8 Å². The van der Waals surface area contributed by atoms with E-state index >= 15 is 0 Å². The maximum Gasteiger partial charge on any atom is 0.267 e. The zero-order valence-electron chi connectivity index (χ0n) is 15.6. The van der Waals surface area contributed by atoms with Gasteiger partial charge in [0.1, 0.15) is 0 Å². The molecule has 0 saturated heterocycles. The average Bonchev–Trinajstić information content (AvgIpc) is 2.97. The highest BCUT2D eigenvalue weighted by Crippen LogP contribution is 2.27. The Morgan fingerprint density at radius 2 is 1.81 bits per heavy atom. The summed E-state index contributed by atoms with van der Waals surface area (Å²) >= 11 is 0. The Morgan fingerprint density at radius 3 is 2.67 bits per heavy atom. The van der Waals surface area contributed by atoms with Gasteiger partial charge in [-0.15, -0.1) is 0 Å². The van der Waals surface area contributed by atoms with Gasteiger partial charge in [0.15, 0.2) is 11.5 Å². The molecule has 5 heteroatoms. The van der Waals surface area contributed by atoms with Gasteiger partial charge in [-0.3, -0.25) is 14.2 Å². The predicted octanol–water partition coefficient (Wildman–Crippen LogP) is 4.23. The highest BCUT2D eigenvalue weighted by Gasteiger charge is 2.30. The summed E-state index contributed by atoms with van der Waals surface area (Å²) in [6.45, 7) is 2.22. The number of aryl methyl sites for hydroxylation is 1. The van der Waals surface area contributed by atoms with E-state index in [0.29, 0.717) is 22.3 Å². The number of pyridine rings is 1. The maximum atomic E-state index is 12.8. The van der Waals surface area contributed by atoms with Crippen LogP contribution in [0.1, 0.15) is 67.2 Å². The molecular weight excluding hydrogens is 338 g/mol. The van der Waals surface area contributed by atoms with E-state index in [9.17, 15) is 9.59 Å². The largest absolute Gasteiger partial charge is 0.285 e. The first-order valence-corrected chi connectivity index (χ1v) is 9.76. The second-order valence-electron chi connectivity index (χ2n) is 7.15. The zero-order chi connectivity index (χ0) is 18.8. The molecule has 0 amide bonds. The first kappa shape index (κ1) is 17.6. The third-order valence-electron chi connectivity index (χ3n) is 5.21. The average molecular weight is 361 g/mol. The summed E-state index contributed by atoms with van der Waals surface area (Å²) in [6, 6.07) is 9.23. The van der Waals surface area contributed by atoms with Crippen molar-refractivity contribution in [2.75, 3.05) is 0 Å². The van der Waals surface area contributed by atoms with Crippen LogP contribution in [0.2, 0.25) is 0 Å². The fraction of sp³-hybridized carbons (Fsp3) is 0.364. The van der Waals surface area contributed by atoms with E-state index in [-0.39, 0.29) is 17.2 Å². The van der Waals surface area contributed by atoms with Crippen molar-refractivity contribution in [1.82, 2.24) is 14.5 Å². The van der Waals surface area contributed by atoms with Gasteiger partial charge >= 0.3 is 0 Å². The molecule has 0 fully saturated rings. The molecule has 0 bridgehead atoms. The smallest absolute Gasteiger partial charge is 0.267 e. The van der Waals surface area contributed by atoms with E-state index < -0.39 is 0 Å². The highest BCUT2D eigenvalue weighted by molar-refractivity contribution is 6.13. The number of hydrogen-bond donors (Lipinski definition) is 0. The Labute approximate surface area is 158 Å². The van der Waals surface area contributed by atoms with Crippen LogP contribution in [-0.4, -0.2) is 20.3 Å². The third-order valence-corrected chi connectivity index (χ3v) is 5.21. The summed E-state index contributed by atoms with van der Waals surface area (Å²) < 4.78 is 1.43. The number of unbranched alkanes of at least 4 members (excludes halogenated alkanes) is 5. The van der Waals surface area contributed by atoms with Crippen LogP contribution in [0, 0.1) is 0 Å². The van der Waals surface area contributed by atoms with Crippen molar-refractivity contribution < 1.29 is 4.79 Å². The summed E-state index contributed by atoms with van der Waals surface area (Å²) in [6.07, 6.45) is 9.99. The van der Waals surface area contributed by atoms with Gasteiger partial charge in [0.25, 0.3) is 5.56 Å². The molecule has 0 unspecified atom stereocenters. The van der Waals surface area contributed by atoms with Crippen LogP contribution in [0.4, 0.5) is 0 Å². The van der Waals surface area contributed by atoms with Crippen molar-refractivity contribution in [3.63, 3.8) is 0 Å². The van der Waals surface area contributed by atoms with Gasteiger partial charge in [0.05, 0.1) is 16.6 Å². The fourth-order valence-electron chi connectivity index (χ4n) is 3.74. The number of fused-ring (bicyclic) bond motifs is 4. The van der Waals surface area contributed by atoms with E-state index in [1.54, 1.807) is 18.3 Å². The number of carbonyl (C=O) groups is 1. The first-order chi connectivity index (χ1) is 13.2. The number of aromatic nitrogens is 3. The van der Waals surface area contributed by atoms with Crippen molar-refractivity contribution in [3.05, 3.63) is 63.8 Å². The molecule has 27 heavy (non-hydrogen) atoms. The maximum absolute atomic E-state index is 12.8. The second kappa shape index (κ2) is 7.43. The van der Waals surface area contributed by atoms with Gasteiger partial charge in [-0.1, -0.05) is 45.1 Å². The molecule has 3 aromatic rings. The Balaban J connectivity index is 1.60. The van der Waals surface area contributed by atoms with Crippen molar-refractivity contribution in [3.8, 4) is 5.69 Å². The molecule has 1 aliphatic heterocycles. The molecule has 0 radical (unpaired) electrons. The van der Waals surface area contributed by atoms with Gasteiger partial charge in [0.2, 0.25) is 5.78 Å². The zero-order valence-corrected chi connectivity index (χ0v) is 15.6. The summed E-state index contributed by atoms with van der Waals surface area (Å²) in [5.74, 6) is -0.0302. The van der Waals surface area contributed by atoms with E-state index in [0.717, 1.165) is 18.4 Å². The Bertz CT molecular complexity index is 1070. The number of carbonyl (C=O) groups excluding carboxylic acids is 1. The summed E-state index contributed by atoms with van der Waals surface area (Å²) in [7, 11) is 0. The summed E-state index contributed by atoms with van der Waals surface area (Å²) in [5, 5.41) is 0.429. The lowest BCUT2D eigenvalue weighted by molar-refractivity contribution is 0.103. The standard InChI is InChI=1S/C22H23N3O2/c1-2-3-4-5-6-7-9-15-11-12-18-17(14-15)19(26)21-24-20-16(10-8-13-23-20)22(27)25(18)21/h8,10-14H,2-7,9H2,1H3. The molecule has 0 spiro atoms. The molecule has 3 heterocycles. The molecular formula is C22H23N3O2. The van der Waals surface area contributed by atoms with Crippen LogP contribution in [0.15, 0.2) is 41.3 Å². The number of nitrogens with zero attached hydrogens (tertiary/aromatic N) is 3. The third kappa shape index (κ3) is 3.18. The number of benzene rings is 1. The quantitative estimate of drug-likeness (QED) is 0.462. The van der Waals surface area contributed by atoms with Crippen molar-refractivity contribution in [2.45, 2.75) is 51.9 Å². The summed E-state index contributed by atoms with van der Waals surface area (Å²) in [4.78, 5) is 34.2. The number of hydrogen-bond acceptors (Lipinski definition) is 4. The molecule has 1 aromatic carbocycles. The SMILES string of the molecule is CCCCCCCCc1ccc2c(c1)C(=O)c1nc3ncccc3c(=O)n1-2.